The fourth-order valence-electron chi connectivity index (χ4n) is 4.01. The molecular weight excluding hydrogens is 598 g/mol. The van der Waals surface area contributed by atoms with E-state index in [2.05, 4.69) is 16.4 Å². The van der Waals surface area contributed by atoms with Crippen LogP contribution in [0.2, 0.25) is 5.02 Å². The van der Waals surface area contributed by atoms with E-state index in [-0.39, 0.29) is 20.6 Å². The van der Waals surface area contributed by atoms with Crippen molar-refractivity contribution in [3.05, 3.63) is 75.8 Å². The van der Waals surface area contributed by atoms with E-state index in [4.69, 9.17) is 25.8 Å². The summed E-state index contributed by atoms with van der Waals surface area (Å²) in [5.74, 6) is 0.830. The number of benzene rings is 3. The van der Waals surface area contributed by atoms with Crippen LogP contribution in [0.25, 0.3) is 16.3 Å². The number of nitriles is 1. The maximum absolute atomic E-state index is 12.9. The van der Waals surface area contributed by atoms with Gasteiger partial charge in [-0.3, -0.25) is 10.1 Å². The fourth-order valence-corrected chi connectivity index (χ4v) is 5.90. The number of thiazole rings is 1. The molecule has 0 saturated heterocycles. The molecule has 9 nitrogen and oxygen atoms in total. The van der Waals surface area contributed by atoms with Crippen LogP contribution in [-0.4, -0.2) is 45.9 Å². The van der Waals surface area contributed by atoms with Crippen LogP contribution < -0.4 is 19.5 Å². The number of halogens is 1. The summed E-state index contributed by atoms with van der Waals surface area (Å²) in [7, 11) is -1.92. The van der Waals surface area contributed by atoms with E-state index in [0.29, 0.717) is 46.9 Å². The Kier molecular flexibility index (Phi) is 9.73. The van der Waals surface area contributed by atoms with Crippen LogP contribution in [0.1, 0.15) is 23.1 Å². The van der Waals surface area contributed by atoms with Gasteiger partial charge in [-0.05, 0) is 67.4 Å². The van der Waals surface area contributed by atoms with E-state index in [1.54, 1.807) is 18.2 Å². The highest BCUT2D eigenvalue weighted by Gasteiger charge is 2.17. The van der Waals surface area contributed by atoms with Gasteiger partial charge in [-0.2, -0.15) is 5.26 Å². The molecule has 42 heavy (non-hydrogen) atoms. The second-order valence-electron chi connectivity index (χ2n) is 9.40. The molecule has 1 N–H and O–H groups in total. The topological polar surface area (TPSA) is 128 Å². The second-order valence-corrected chi connectivity index (χ2v) is 12.9. The van der Waals surface area contributed by atoms with Crippen LogP contribution in [0, 0.1) is 25.2 Å². The molecule has 0 radical (unpaired) electrons. The van der Waals surface area contributed by atoms with Gasteiger partial charge < -0.3 is 14.2 Å². The molecule has 0 aliphatic rings. The van der Waals surface area contributed by atoms with Crippen molar-refractivity contribution < 1.29 is 27.4 Å². The molecule has 4 aromatic rings. The van der Waals surface area contributed by atoms with Gasteiger partial charge in [0.05, 0.1) is 40.5 Å². The molecule has 1 heterocycles. The summed E-state index contributed by atoms with van der Waals surface area (Å²) in [6.07, 6.45) is 3.10. The minimum atomic E-state index is -3.39. The first kappa shape index (κ1) is 30.8. The Morgan fingerprint density at radius 1 is 1.10 bits per heavy atom. The Labute approximate surface area is 253 Å². The highest BCUT2D eigenvalue weighted by Crippen LogP contribution is 2.37. The number of sulfone groups is 1. The summed E-state index contributed by atoms with van der Waals surface area (Å²) in [5, 5.41) is 12.7. The molecule has 1 amide bonds. The van der Waals surface area contributed by atoms with Gasteiger partial charge in [0.1, 0.15) is 17.4 Å². The summed E-state index contributed by atoms with van der Waals surface area (Å²) < 4.78 is 41.4. The van der Waals surface area contributed by atoms with Gasteiger partial charge in [0.2, 0.25) is 0 Å². The van der Waals surface area contributed by atoms with E-state index in [1.807, 2.05) is 32.0 Å². The van der Waals surface area contributed by atoms with Crippen molar-refractivity contribution in [1.29, 1.82) is 5.26 Å². The van der Waals surface area contributed by atoms with Crippen LogP contribution >= 0.6 is 22.9 Å². The number of carbonyl (C=O) groups excluding carboxylic acids is 1. The molecule has 4 rings (SSSR count). The molecule has 0 bridgehead atoms. The zero-order chi connectivity index (χ0) is 30.4. The highest BCUT2D eigenvalue weighted by molar-refractivity contribution is 7.90. The lowest BCUT2D eigenvalue weighted by atomic mass is 10.1. The second kappa shape index (κ2) is 13.2. The number of anilines is 1. The Morgan fingerprint density at radius 2 is 1.86 bits per heavy atom. The van der Waals surface area contributed by atoms with Crippen molar-refractivity contribution in [1.82, 2.24) is 4.98 Å². The largest absolute Gasteiger partial charge is 0.493 e. The van der Waals surface area contributed by atoms with Crippen LogP contribution in [-0.2, 0) is 14.6 Å². The average Bonchev–Trinajstić information content (AvgIpc) is 3.34. The lowest BCUT2D eigenvalue weighted by molar-refractivity contribution is -0.112. The lowest BCUT2D eigenvalue weighted by Gasteiger charge is -2.14. The molecule has 0 atom stereocenters. The molecule has 0 spiro atoms. The third-order valence-electron chi connectivity index (χ3n) is 6.06. The van der Waals surface area contributed by atoms with E-state index in [1.165, 1.54) is 30.9 Å². The predicted molar refractivity (Wildman–Crippen MR) is 164 cm³/mol. The zero-order valence-corrected chi connectivity index (χ0v) is 25.7. The van der Waals surface area contributed by atoms with Crippen molar-refractivity contribution >= 4 is 60.1 Å². The normalized spacial score (nSPS) is 11.7. The Bertz CT molecular complexity index is 1830. The smallest absolute Gasteiger partial charge is 0.268 e. The molecule has 218 valence electrons. The van der Waals surface area contributed by atoms with Gasteiger partial charge in [0.25, 0.3) is 5.91 Å². The van der Waals surface area contributed by atoms with Crippen molar-refractivity contribution in [3.63, 3.8) is 0 Å². The van der Waals surface area contributed by atoms with Gasteiger partial charge in [0.15, 0.2) is 26.5 Å². The quantitative estimate of drug-likeness (QED) is 0.116. The Hall–Kier alpha value is -4.11. The maximum Gasteiger partial charge on any atom is 0.268 e. The predicted octanol–water partition coefficient (Wildman–Crippen LogP) is 6.37. The van der Waals surface area contributed by atoms with Crippen LogP contribution in [0.4, 0.5) is 5.13 Å². The van der Waals surface area contributed by atoms with Gasteiger partial charge >= 0.3 is 0 Å². The zero-order valence-electron chi connectivity index (χ0n) is 23.4. The van der Waals surface area contributed by atoms with E-state index < -0.39 is 15.7 Å². The van der Waals surface area contributed by atoms with Crippen LogP contribution in [0.5, 0.6) is 17.2 Å². The number of amides is 1. The van der Waals surface area contributed by atoms with Gasteiger partial charge in [0, 0.05) is 12.7 Å². The summed E-state index contributed by atoms with van der Waals surface area (Å²) in [6, 6.07) is 15.6. The summed E-state index contributed by atoms with van der Waals surface area (Å²) >= 11 is 7.58. The van der Waals surface area contributed by atoms with Crippen LogP contribution in [0.3, 0.4) is 0 Å². The number of carbonyl (C=O) groups is 1. The average molecular weight is 626 g/mol. The van der Waals surface area contributed by atoms with Gasteiger partial charge in [-0.15, -0.1) is 0 Å². The van der Waals surface area contributed by atoms with Crippen molar-refractivity contribution in [2.75, 3.05) is 31.9 Å². The Morgan fingerprint density at radius 3 is 2.55 bits per heavy atom. The van der Waals surface area contributed by atoms with Crippen molar-refractivity contribution in [2.24, 2.45) is 0 Å². The first-order valence-corrected chi connectivity index (χ1v) is 15.8. The fraction of sp³-hybridized carbons (Fsp3) is 0.233. The first-order chi connectivity index (χ1) is 20.0. The molecule has 0 saturated carbocycles. The molecule has 0 aliphatic carbocycles. The molecule has 0 aliphatic heterocycles. The minimum Gasteiger partial charge on any atom is -0.493 e. The molecule has 0 unspecified atom stereocenters. The summed E-state index contributed by atoms with van der Waals surface area (Å²) in [6.45, 7) is 4.82. The number of fused-ring (bicyclic) bond motifs is 1. The number of methoxy groups -OCH3 is 1. The first-order valence-electron chi connectivity index (χ1n) is 12.7. The number of hydrogen-bond donors (Lipinski definition) is 1. The third-order valence-corrected chi connectivity index (χ3v) is 8.38. The molecule has 0 fully saturated rings. The SMILES string of the molecule is COc1cc(/C=C(\C#N)C(=O)Nc2nc3ccc(S(C)(=O)=O)cc3s2)cc(Cl)c1OCCCOc1ccc(C)cc1C. The monoisotopic (exact) mass is 625 g/mol. The number of ether oxygens (including phenoxy) is 3. The van der Waals surface area contributed by atoms with Crippen molar-refractivity contribution in [3.8, 4) is 23.3 Å². The van der Waals surface area contributed by atoms with Gasteiger partial charge in [-0.1, -0.05) is 40.6 Å². The minimum absolute atomic E-state index is 0.151. The third kappa shape index (κ3) is 7.59. The summed E-state index contributed by atoms with van der Waals surface area (Å²) in [4.78, 5) is 17.3. The van der Waals surface area contributed by atoms with Gasteiger partial charge in [-0.25, -0.2) is 13.4 Å². The standard InChI is InChI=1S/C30H28ClN3O6S2/c1-18-6-9-25(19(2)12-18)39-10-5-11-40-28-23(31)14-20(15-26(28)38-3)13-21(17-32)29(35)34-30-33-24-8-7-22(42(4,36)37)16-27(24)41-30/h6-9,12-16H,5,10-11H2,1-4H3,(H,33,34,35)/b21-13+. The lowest BCUT2D eigenvalue weighted by Crippen LogP contribution is -2.13. The number of aromatic nitrogens is 1. The number of nitrogens with zero attached hydrogens (tertiary/aromatic N) is 2. The summed E-state index contributed by atoms with van der Waals surface area (Å²) in [5.41, 5.74) is 3.02. The molecule has 12 heteroatoms. The number of nitrogens with one attached hydrogen (secondary N) is 1. The van der Waals surface area contributed by atoms with E-state index in [9.17, 15) is 18.5 Å². The molecule has 3 aromatic carbocycles. The Balaban J connectivity index is 1.42. The van der Waals surface area contributed by atoms with E-state index >= 15 is 0 Å². The van der Waals surface area contributed by atoms with Crippen molar-refractivity contribution in [2.45, 2.75) is 25.2 Å². The number of aryl methyl sites for hydroxylation is 2. The van der Waals surface area contributed by atoms with Crippen LogP contribution in [0.15, 0.2) is 59.0 Å². The highest BCUT2D eigenvalue weighted by atomic mass is 35.5. The maximum atomic E-state index is 12.9. The molecule has 1 aromatic heterocycles. The molecular formula is C30H28ClN3O6S2. The number of hydrogen-bond acceptors (Lipinski definition) is 9. The number of rotatable bonds is 11. The van der Waals surface area contributed by atoms with E-state index in [0.717, 1.165) is 28.9 Å².